The first-order valence-corrected chi connectivity index (χ1v) is 8.07. The SMILES string of the molecule is CCNC(=O)N1CCc2cc(C)cc([C@@H]3CCCN3)c2C1. The summed E-state index contributed by atoms with van der Waals surface area (Å²) in [6, 6.07) is 5.13. The second-order valence-corrected chi connectivity index (χ2v) is 6.15. The van der Waals surface area contributed by atoms with Crippen LogP contribution in [-0.2, 0) is 13.0 Å². The molecule has 3 rings (SSSR count). The lowest BCUT2D eigenvalue weighted by atomic mass is 9.89. The van der Waals surface area contributed by atoms with Gasteiger partial charge >= 0.3 is 6.03 Å². The minimum absolute atomic E-state index is 0.0639. The molecule has 2 amide bonds. The average molecular weight is 287 g/mol. The molecule has 4 nitrogen and oxygen atoms in total. The van der Waals surface area contributed by atoms with Gasteiger partial charge in [-0.25, -0.2) is 4.79 Å². The van der Waals surface area contributed by atoms with Crippen LogP contribution in [0, 0.1) is 6.92 Å². The number of amides is 2. The van der Waals surface area contributed by atoms with Gasteiger partial charge in [-0.15, -0.1) is 0 Å². The third-order valence-electron chi connectivity index (χ3n) is 4.57. The third kappa shape index (κ3) is 2.91. The number of rotatable bonds is 2. The zero-order chi connectivity index (χ0) is 14.8. The highest BCUT2D eigenvalue weighted by atomic mass is 16.2. The van der Waals surface area contributed by atoms with Gasteiger partial charge in [0.15, 0.2) is 0 Å². The molecule has 1 fully saturated rings. The van der Waals surface area contributed by atoms with Gasteiger partial charge in [0.25, 0.3) is 0 Å². The van der Waals surface area contributed by atoms with Crippen LogP contribution in [0.4, 0.5) is 4.79 Å². The second kappa shape index (κ2) is 6.06. The Hall–Kier alpha value is -1.55. The van der Waals surface area contributed by atoms with Gasteiger partial charge in [0.1, 0.15) is 0 Å². The van der Waals surface area contributed by atoms with E-state index in [2.05, 4.69) is 29.7 Å². The van der Waals surface area contributed by atoms with Crippen molar-refractivity contribution in [2.75, 3.05) is 19.6 Å². The normalized spacial score (nSPS) is 21.2. The van der Waals surface area contributed by atoms with Crippen molar-refractivity contribution in [2.45, 2.75) is 45.7 Å². The van der Waals surface area contributed by atoms with Gasteiger partial charge in [0, 0.05) is 25.7 Å². The van der Waals surface area contributed by atoms with E-state index in [1.807, 2.05) is 11.8 Å². The molecule has 114 valence electrons. The van der Waals surface area contributed by atoms with Crippen molar-refractivity contribution >= 4 is 6.03 Å². The molecule has 1 aromatic carbocycles. The van der Waals surface area contributed by atoms with Crippen molar-refractivity contribution in [3.8, 4) is 0 Å². The van der Waals surface area contributed by atoms with Gasteiger partial charge in [0.2, 0.25) is 0 Å². The van der Waals surface area contributed by atoms with Gasteiger partial charge in [-0.1, -0.05) is 17.7 Å². The summed E-state index contributed by atoms with van der Waals surface area (Å²) in [7, 11) is 0. The largest absolute Gasteiger partial charge is 0.338 e. The number of hydrogen-bond acceptors (Lipinski definition) is 2. The first-order chi connectivity index (χ1) is 10.2. The van der Waals surface area contributed by atoms with Crippen molar-refractivity contribution in [2.24, 2.45) is 0 Å². The fourth-order valence-corrected chi connectivity index (χ4v) is 3.56. The highest BCUT2D eigenvalue weighted by Crippen LogP contribution is 2.32. The number of hydrogen-bond donors (Lipinski definition) is 2. The molecule has 21 heavy (non-hydrogen) atoms. The van der Waals surface area contributed by atoms with Crippen LogP contribution in [0.25, 0.3) is 0 Å². The van der Waals surface area contributed by atoms with Crippen molar-refractivity contribution in [1.29, 1.82) is 0 Å². The molecule has 2 aliphatic rings. The summed E-state index contributed by atoms with van der Waals surface area (Å²) in [6.45, 7) is 7.50. The average Bonchev–Trinajstić information content (AvgIpc) is 3.00. The molecule has 4 heteroatoms. The number of nitrogens with one attached hydrogen (secondary N) is 2. The molecular formula is C17H25N3O. The summed E-state index contributed by atoms with van der Waals surface area (Å²) in [4.78, 5) is 14.1. The van der Waals surface area contributed by atoms with E-state index in [0.717, 1.165) is 26.1 Å². The summed E-state index contributed by atoms with van der Waals surface area (Å²) >= 11 is 0. The van der Waals surface area contributed by atoms with E-state index < -0.39 is 0 Å². The minimum Gasteiger partial charge on any atom is -0.338 e. The molecule has 0 radical (unpaired) electrons. The van der Waals surface area contributed by atoms with Crippen molar-refractivity contribution in [3.05, 3.63) is 34.4 Å². The molecule has 1 saturated heterocycles. The number of carbonyl (C=O) groups excluding carboxylic acids is 1. The van der Waals surface area contributed by atoms with Gasteiger partial charge in [0.05, 0.1) is 0 Å². The fraction of sp³-hybridized carbons (Fsp3) is 0.588. The zero-order valence-corrected chi connectivity index (χ0v) is 13.0. The molecule has 0 spiro atoms. The smallest absolute Gasteiger partial charge is 0.317 e. The molecule has 0 unspecified atom stereocenters. The minimum atomic E-state index is 0.0639. The topological polar surface area (TPSA) is 44.4 Å². The van der Waals surface area contributed by atoms with Crippen molar-refractivity contribution < 1.29 is 4.79 Å². The molecule has 2 heterocycles. The van der Waals surface area contributed by atoms with E-state index in [1.165, 1.54) is 35.1 Å². The van der Waals surface area contributed by atoms with Crippen LogP contribution < -0.4 is 10.6 Å². The first kappa shape index (κ1) is 14.4. The van der Waals surface area contributed by atoms with Crippen LogP contribution >= 0.6 is 0 Å². The first-order valence-electron chi connectivity index (χ1n) is 8.07. The van der Waals surface area contributed by atoms with Gasteiger partial charge in [-0.3, -0.25) is 0 Å². The maximum absolute atomic E-state index is 12.1. The Bertz CT molecular complexity index is 535. The molecule has 1 aromatic rings. The summed E-state index contributed by atoms with van der Waals surface area (Å²) in [5.41, 5.74) is 5.55. The standard InChI is InChI=1S/C17H25N3O/c1-3-18-17(21)20-8-6-13-9-12(2)10-14(15(13)11-20)16-5-4-7-19-16/h9-10,16,19H,3-8,11H2,1-2H3,(H,18,21)/t16-/m0/s1. The van der Waals surface area contributed by atoms with Gasteiger partial charge in [-0.05, 0) is 56.3 Å². The predicted octanol–water partition coefficient (Wildman–Crippen LogP) is 2.51. The maximum Gasteiger partial charge on any atom is 0.317 e. The van der Waals surface area contributed by atoms with Crippen LogP contribution in [0.15, 0.2) is 12.1 Å². The monoisotopic (exact) mass is 287 g/mol. The number of urea groups is 1. The number of fused-ring (bicyclic) bond motifs is 1. The van der Waals surface area contributed by atoms with E-state index in [4.69, 9.17) is 0 Å². The van der Waals surface area contributed by atoms with Gasteiger partial charge in [-0.2, -0.15) is 0 Å². The van der Waals surface area contributed by atoms with E-state index in [-0.39, 0.29) is 6.03 Å². The van der Waals surface area contributed by atoms with E-state index in [0.29, 0.717) is 12.6 Å². The molecule has 0 aromatic heterocycles. The number of carbonyl (C=O) groups is 1. The van der Waals surface area contributed by atoms with Crippen LogP contribution in [0.1, 0.15) is 48.1 Å². The Balaban J connectivity index is 1.90. The Morgan fingerprint density at radius 1 is 1.48 bits per heavy atom. The van der Waals surface area contributed by atoms with E-state index in [9.17, 15) is 4.79 Å². The van der Waals surface area contributed by atoms with Crippen LogP contribution in [0.2, 0.25) is 0 Å². The molecule has 2 aliphatic heterocycles. The Morgan fingerprint density at radius 2 is 2.33 bits per heavy atom. The molecule has 2 N–H and O–H groups in total. The molecule has 0 aliphatic carbocycles. The quantitative estimate of drug-likeness (QED) is 0.878. The lowest BCUT2D eigenvalue weighted by Crippen LogP contribution is -2.43. The summed E-state index contributed by atoms with van der Waals surface area (Å²) in [6.07, 6.45) is 3.42. The molecule has 0 saturated carbocycles. The Kier molecular flexibility index (Phi) is 4.15. The highest BCUT2D eigenvalue weighted by Gasteiger charge is 2.26. The maximum atomic E-state index is 12.1. The Labute approximate surface area is 126 Å². The summed E-state index contributed by atoms with van der Waals surface area (Å²) in [5, 5.41) is 6.52. The molecule has 1 atom stereocenters. The summed E-state index contributed by atoms with van der Waals surface area (Å²) < 4.78 is 0. The fourth-order valence-electron chi connectivity index (χ4n) is 3.56. The number of nitrogens with zero attached hydrogens (tertiary/aromatic N) is 1. The van der Waals surface area contributed by atoms with Gasteiger partial charge < -0.3 is 15.5 Å². The third-order valence-corrected chi connectivity index (χ3v) is 4.57. The van der Waals surface area contributed by atoms with Crippen LogP contribution in [0.5, 0.6) is 0 Å². The second-order valence-electron chi connectivity index (χ2n) is 6.15. The lowest BCUT2D eigenvalue weighted by Gasteiger charge is -2.32. The van der Waals surface area contributed by atoms with Crippen molar-refractivity contribution in [1.82, 2.24) is 15.5 Å². The van der Waals surface area contributed by atoms with Crippen LogP contribution in [-0.4, -0.2) is 30.6 Å². The predicted molar refractivity (Wildman–Crippen MR) is 84.3 cm³/mol. The Morgan fingerprint density at radius 3 is 3.05 bits per heavy atom. The molecule has 0 bridgehead atoms. The number of aryl methyl sites for hydroxylation is 1. The molecular weight excluding hydrogens is 262 g/mol. The zero-order valence-electron chi connectivity index (χ0n) is 13.0. The van der Waals surface area contributed by atoms with E-state index >= 15 is 0 Å². The van der Waals surface area contributed by atoms with Crippen LogP contribution in [0.3, 0.4) is 0 Å². The number of benzene rings is 1. The summed E-state index contributed by atoms with van der Waals surface area (Å²) in [5.74, 6) is 0. The van der Waals surface area contributed by atoms with Crippen molar-refractivity contribution in [3.63, 3.8) is 0 Å². The highest BCUT2D eigenvalue weighted by molar-refractivity contribution is 5.74. The van der Waals surface area contributed by atoms with E-state index in [1.54, 1.807) is 0 Å². The lowest BCUT2D eigenvalue weighted by molar-refractivity contribution is 0.192.